The van der Waals surface area contributed by atoms with E-state index < -0.39 is 16.0 Å². The van der Waals surface area contributed by atoms with Gasteiger partial charge in [-0.05, 0) is 64.1 Å². The molecule has 1 fully saturated rings. The van der Waals surface area contributed by atoms with Crippen LogP contribution in [0.25, 0.3) is 0 Å². The fraction of sp³-hybridized carbons (Fsp3) is 0.462. The van der Waals surface area contributed by atoms with Gasteiger partial charge in [-0.25, -0.2) is 13.2 Å². The van der Waals surface area contributed by atoms with Gasteiger partial charge in [-0.3, -0.25) is 4.79 Å². The van der Waals surface area contributed by atoms with E-state index in [2.05, 4.69) is 0 Å². The molecule has 37 heavy (non-hydrogen) atoms. The Morgan fingerprint density at radius 1 is 0.757 bits per heavy atom. The Hall–Kier alpha value is -3.31. The SMILES string of the molecule is CCOC(=O)c1ccc(S(=O)(=O)N2CCN(C(=O)c3cc(OCC)c(OCC)c(OCC)c3)CC2)cc1. The summed E-state index contributed by atoms with van der Waals surface area (Å²) in [6.07, 6.45) is 0. The summed E-state index contributed by atoms with van der Waals surface area (Å²) in [6.45, 7) is 9.39. The second kappa shape index (κ2) is 12.8. The highest BCUT2D eigenvalue weighted by Gasteiger charge is 2.31. The normalized spacial score (nSPS) is 14.2. The second-order valence-corrected chi connectivity index (χ2v) is 9.98. The van der Waals surface area contributed by atoms with Crippen LogP contribution in [0.1, 0.15) is 48.4 Å². The fourth-order valence-corrected chi connectivity index (χ4v) is 5.37. The lowest BCUT2D eigenvalue weighted by Crippen LogP contribution is -2.50. The van der Waals surface area contributed by atoms with Gasteiger partial charge in [-0.15, -0.1) is 0 Å². The molecule has 0 saturated carbocycles. The van der Waals surface area contributed by atoms with E-state index in [1.807, 2.05) is 20.8 Å². The predicted octanol–water partition coefficient (Wildman–Crippen LogP) is 3.21. The number of ether oxygens (including phenoxy) is 4. The van der Waals surface area contributed by atoms with Crippen LogP contribution in [0.3, 0.4) is 0 Å². The van der Waals surface area contributed by atoms with Gasteiger partial charge in [0.15, 0.2) is 11.5 Å². The number of esters is 1. The van der Waals surface area contributed by atoms with E-state index in [-0.39, 0.29) is 49.2 Å². The van der Waals surface area contributed by atoms with Crippen LogP contribution in [0.4, 0.5) is 0 Å². The summed E-state index contributed by atoms with van der Waals surface area (Å²) < 4.78 is 49.7. The molecule has 0 spiro atoms. The summed E-state index contributed by atoms with van der Waals surface area (Å²) in [6, 6.07) is 8.92. The van der Waals surface area contributed by atoms with Crippen molar-refractivity contribution in [2.45, 2.75) is 32.6 Å². The van der Waals surface area contributed by atoms with Crippen molar-refractivity contribution in [3.8, 4) is 17.2 Å². The monoisotopic (exact) mass is 534 g/mol. The Morgan fingerprint density at radius 3 is 1.78 bits per heavy atom. The molecule has 1 amide bonds. The molecule has 2 aromatic rings. The van der Waals surface area contributed by atoms with Crippen molar-refractivity contribution < 1.29 is 37.0 Å². The third-order valence-corrected chi connectivity index (χ3v) is 7.60. The summed E-state index contributed by atoms with van der Waals surface area (Å²) in [5.74, 6) is 0.540. The first-order chi connectivity index (χ1) is 17.8. The first kappa shape index (κ1) is 28.3. The number of amides is 1. The molecular formula is C26H34N2O8S. The first-order valence-electron chi connectivity index (χ1n) is 12.4. The molecule has 2 aromatic carbocycles. The summed E-state index contributed by atoms with van der Waals surface area (Å²) in [4.78, 5) is 26.9. The molecular weight excluding hydrogens is 500 g/mol. The van der Waals surface area contributed by atoms with Crippen molar-refractivity contribution >= 4 is 21.9 Å². The van der Waals surface area contributed by atoms with Gasteiger partial charge >= 0.3 is 5.97 Å². The van der Waals surface area contributed by atoms with Crippen LogP contribution in [0.2, 0.25) is 0 Å². The number of piperazine rings is 1. The van der Waals surface area contributed by atoms with E-state index in [9.17, 15) is 18.0 Å². The molecule has 0 aromatic heterocycles. The lowest BCUT2D eigenvalue weighted by molar-refractivity contribution is 0.0526. The number of carbonyl (C=O) groups is 2. The number of benzene rings is 2. The molecule has 0 unspecified atom stereocenters. The molecule has 11 heteroatoms. The van der Waals surface area contributed by atoms with Crippen molar-refractivity contribution in [1.29, 1.82) is 0 Å². The number of rotatable bonds is 11. The average molecular weight is 535 g/mol. The molecule has 0 atom stereocenters. The molecule has 10 nitrogen and oxygen atoms in total. The van der Waals surface area contributed by atoms with Gasteiger partial charge in [0.1, 0.15) is 0 Å². The smallest absolute Gasteiger partial charge is 0.338 e. The van der Waals surface area contributed by atoms with E-state index in [0.717, 1.165) is 0 Å². The number of hydrogen-bond donors (Lipinski definition) is 0. The van der Waals surface area contributed by atoms with Crippen LogP contribution >= 0.6 is 0 Å². The molecule has 202 valence electrons. The van der Waals surface area contributed by atoms with Crippen molar-refractivity contribution in [3.63, 3.8) is 0 Å². The summed E-state index contributed by atoms with van der Waals surface area (Å²) in [5, 5.41) is 0. The van der Waals surface area contributed by atoms with Gasteiger partial charge < -0.3 is 23.8 Å². The molecule has 0 bridgehead atoms. The summed E-state index contributed by atoms with van der Waals surface area (Å²) in [5.41, 5.74) is 0.658. The highest BCUT2D eigenvalue weighted by atomic mass is 32.2. The minimum Gasteiger partial charge on any atom is -0.490 e. The van der Waals surface area contributed by atoms with Crippen LogP contribution in [0.15, 0.2) is 41.3 Å². The number of sulfonamides is 1. The predicted molar refractivity (Wildman–Crippen MR) is 137 cm³/mol. The van der Waals surface area contributed by atoms with Crippen LogP contribution in [-0.4, -0.2) is 82.1 Å². The maximum Gasteiger partial charge on any atom is 0.338 e. The number of carbonyl (C=O) groups excluding carboxylic acids is 2. The third kappa shape index (κ3) is 6.53. The molecule has 1 aliphatic rings. The lowest BCUT2D eigenvalue weighted by Gasteiger charge is -2.34. The quantitative estimate of drug-likeness (QED) is 0.404. The molecule has 1 saturated heterocycles. The number of nitrogens with zero attached hydrogens (tertiary/aromatic N) is 2. The molecule has 0 aliphatic carbocycles. The highest BCUT2D eigenvalue weighted by Crippen LogP contribution is 2.39. The van der Waals surface area contributed by atoms with Crippen molar-refractivity contribution in [3.05, 3.63) is 47.5 Å². The average Bonchev–Trinajstić information content (AvgIpc) is 2.90. The Morgan fingerprint density at radius 2 is 1.30 bits per heavy atom. The molecule has 0 radical (unpaired) electrons. The van der Waals surface area contributed by atoms with Gasteiger partial charge in [-0.2, -0.15) is 4.31 Å². The standard InChI is InChI=1S/C26H34N2O8S/c1-5-33-22-17-20(18-23(34-6-2)24(22)35-7-3)25(29)27-13-15-28(16-14-27)37(31,32)21-11-9-19(10-12-21)26(30)36-8-4/h9-12,17-18H,5-8,13-16H2,1-4H3. The van der Waals surface area contributed by atoms with E-state index in [4.69, 9.17) is 18.9 Å². The van der Waals surface area contributed by atoms with Crippen molar-refractivity contribution in [2.75, 3.05) is 52.6 Å². The molecule has 1 aliphatic heterocycles. The second-order valence-electron chi connectivity index (χ2n) is 8.04. The van der Waals surface area contributed by atoms with E-state index in [0.29, 0.717) is 42.6 Å². The van der Waals surface area contributed by atoms with E-state index >= 15 is 0 Å². The largest absolute Gasteiger partial charge is 0.490 e. The minimum absolute atomic E-state index is 0.0783. The number of hydrogen-bond acceptors (Lipinski definition) is 8. The third-order valence-electron chi connectivity index (χ3n) is 5.69. The van der Waals surface area contributed by atoms with Gasteiger partial charge in [0.2, 0.25) is 15.8 Å². The Labute approximate surface area is 218 Å². The van der Waals surface area contributed by atoms with E-state index in [1.54, 1.807) is 24.0 Å². The zero-order valence-electron chi connectivity index (χ0n) is 21.7. The first-order valence-corrected chi connectivity index (χ1v) is 13.8. The zero-order valence-corrected chi connectivity index (χ0v) is 22.5. The summed E-state index contributed by atoms with van der Waals surface area (Å²) in [7, 11) is -3.78. The van der Waals surface area contributed by atoms with Crippen LogP contribution in [0.5, 0.6) is 17.2 Å². The maximum absolute atomic E-state index is 13.3. The minimum atomic E-state index is -3.78. The van der Waals surface area contributed by atoms with Gasteiger partial charge in [0.25, 0.3) is 5.91 Å². The lowest BCUT2D eigenvalue weighted by atomic mass is 10.1. The van der Waals surface area contributed by atoms with Gasteiger partial charge in [-0.1, -0.05) is 0 Å². The van der Waals surface area contributed by atoms with E-state index in [1.165, 1.54) is 28.6 Å². The maximum atomic E-state index is 13.3. The summed E-state index contributed by atoms with van der Waals surface area (Å²) >= 11 is 0. The van der Waals surface area contributed by atoms with Gasteiger partial charge in [0.05, 0.1) is 36.9 Å². The van der Waals surface area contributed by atoms with Crippen LogP contribution < -0.4 is 14.2 Å². The van der Waals surface area contributed by atoms with Crippen molar-refractivity contribution in [2.24, 2.45) is 0 Å². The molecule has 3 rings (SSSR count). The Kier molecular flexibility index (Phi) is 9.76. The Bertz CT molecular complexity index is 1160. The molecule has 1 heterocycles. The topological polar surface area (TPSA) is 112 Å². The zero-order chi connectivity index (χ0) is 27.0. The molecule has 0 N–H and O–H groups in total. The Balaban J connectivity index is 1.74. The van der Waals surface area contributed by atoms with Crippen molar-refractivity contribution in [1.82, 2.24) is 9.21 Å². The van der Waals surface area contributed by atoms with Crippen LogP contribution in [-0.2, 0) is 14.8 Å². The van der Waals surface area contributed by atoms with Crippen LogP contribution in [0, 0.1) is 0 Å². The highest BCUT2D eigenvalue weighted by molar-refractivity contribution is 7.89. The van der Waals surface area contributed by atoms with Gasteiger partial charge in [0, 0.05) is 31.7 Å². The fourth-order valence-electron chi connectivity index (χ4n) is 3.95.